The van der Waals surface area contributed by atoms with Crippen molar-refractivity contribution in [2.75, 3.05) is 24.5 Å². The Morgan fingerprint density at radius 2 is 1.66 bits per heavy atom. The third-order valence-corrected chi connectivity index (χ3v) is 7.61. The summed E-state index contributed by atoms with van der Waals surface area (Å²) in [5.74, 6) is -4.60. The topological polar surface area (TPSA) is 181 Å². The van der Waals surface area contributed by atoms with E-state index in [2.05, 4.69) is 4.99 Å². The predicted molar refractivity (Wildman–Crippen MR) is 169 cm³/mol. The first-order valence-corrected chi connectivity index (χ1v) is 14.4. The van der Waals surface area contributed by atoms with Crippen LogP contribution in [-0.4, -0.2) is 75.4 Å². The fraction of sp³-hybridized carbons (Fsp3) is 0.242. The summed E-state index contributed by atoms with van der Waals surface area (Å²) in [4.78, 5) is 44.2. The number of amides is 1. The number of benzene rings is 3. The molecule has 246 valence electrons. The number of anilines is 1. The molecule has 0 aliphatic carbocycles. The maximum Gasteiger partial charge on any atom is 0.421 e. The molecule has 1 aliphatic rings. The Labute approximate surface area is 267 Å². The molecule has 0 bridgehead atoms. The Balaban J connectivity index is 1.65. The number of halogens is 3. The molecule has 3 aromatic carbocycles. The molecule has 0 radical (unpaired) electrons. The standard InChI is InChI=1S/C33H32F3N5O6/c1-19(37)40-15-12-23(13-16-40)39-29(38)21-7-2-5-20(17-21)6-4-14-41(26-8-3-9-27(42)28(26)33(34,35)36)30(43)22-10-11-24(31(44)45)25(18-22)32(46)47/h2-11,17-18,23,37,42H,12-16H2,1H3,(H2,38,39)(H,44,45)(H,46,47)/b6-4-,37-19?. The van der Waals surface area contributed by atoms with Gasteiger partial charge in [-0.1, -0.05) is 36.4 Å². The van der Waals surface area contributed by atoms with Crippen molar-refractivity contribution in [3.05, 3.63) is 100 Å². The Kier molecular flexibility index (Phi) is 10.3. The first-order valence-electron chi connectivity index (χ1n) is 14.4. The molecule has 4 rings (SSSR count). The fourth-order valence-electron chi connectivity index (χ4n) is 5.23. The molecule has 3 aromatic rings. The highest BCUT2D eigenvalue weighted by Gasteiger charge is 2.39. The van der Waals surface area contributed by atoms with Gasteiger partial charge < -0.3 is 30.9 Å². The normalized spacial score (nSPS) is 14.3. The van der Waals surface area contributed by atoms with E-state index in [1.165, 1.54) is 6.08 Å². The van der Waals surface area contributed by atoms with E-state index < -0.39 is 58.7 Å². The molecular weight excluding hydrogens is 619 g/mol. The average Bonchev–Trinajstić information content (AvgIpc) is 3.02. The van der Waals surface area contributed by atoms with Gasteiger partial charge in [0, 0.05) is 30.8 Å². The molecule has 1 aliphatic heterocycles. The lowest BCUT2D eigenvalue weighted by molar-refractivity contribution is -0.138. The molecule has 14 heteroatoms. The number of phenolic OH excluding ortho intramolecular Hbond substituents is 1. The van der Waals surface area contributed by atoms with E-state index in [9.17, 15) is 42.9 Å². The van der Waals surface area contributed by atoms with Crippen molar-refractivity contribution in [3.63, 3.8) is 0 Å². The molecule has 1 amide bonds. The van der Waals surface area contributed by atoms with Crippen LogP contribution in [0.1, 0.15) is 67.5 Å². The minimum absolute atomic E-state index is 0.0132. The van der Waals surface area contributed by atoms with Gasteiger partial charge in [0.05, 0.1) is 28.7 Å². The number of likely N-dealkylation sites (tertiary alicyclic amines) is 1. The first-order chi connectivity index (χ1) is 22.2. The maximum atomic E-state index is 14.1. The van der Waals surface area contributed by atoms with Gasteiger partial charge in [-0.3, -0.25) is 15.2 Å². The molecule has 1 saturated heterocycles. The van der Waals surface area contributed by atoms with Crippen molar-refractivity contribution in [2.24, 2.45) is 10.7 Å². The van der Waals surface area contributed by atoms with Gasteiger partial charge in [0.15, 0.2) is 0 Å². The number of rotatable bonds is 9. The number of phenols is 1. The van der Waals surface area contributed by atoms with Crippen LogP contribution in [0.5, 0.6) is 5.75 Å². The minimum atomic E-state index is -5.07. The molecule has 47 heavy (non-hydrogen) atoms. The van der Waals surface area contributed by atoms with Crippen LogP contribution < -0.4 is 10.6 Å². The highest BCUT2D eigenvalue weighted by Crippen LogP contribution is 2.42. The zero-order valence-corrected chi connectivity index (χ0v) is 25.2. The van der Waals surface area contributed by atoms with Crippen molar-refractivity contribution in [2.45, 2.75) is 32.0 Å². The molecule has 0 atom stereocenters. The molecule has 11 nitrogen and oxygen atoms in total. The summed E-state index contributed by atoms with van der Waals surface area (Å²) in [5, 5.41) is 36.7. The number of nitrogens with zero attached hydrogens (tertiary/aromatic N) is 3. The summed E-state index contributed by atoms with van der Waals surface area (Å²) in [6.45, 7) is 2.68. The number of carbonyl (C=O) groups is 3. The number of amidine groups is 2. The number of aliphatic imine (C=N–C) groups is 1. The van der Waals surface area contributed by atoms with Crippen LogP contribution in [-0.2, 0) is 6.18 Å². The Bertz CT molecular complexity index is 1760. The lowest BCUT2D eigenvalue weighted by Crippen LogP contribution is -2.38. The SMILES string of the molecule is CC(=N)N1CCC(N=C(N)c2cccc(/C=C\CN(C(=O)c3ccc(C(=O)O)c(C(=O)O)c3)c3cccc(O)c3C(F)(F)F)c2)CC1. The van der Waals surface area contributed by atoms with Crippen molar-refractivity contribution >= 4 is 41.3 Å². The number of aromatic hydroxyl groups is 1. The number of nitrogens with two attached hydrogens (primary N) is 1. The van der Waals surface area contributed by atoms with Gasteiger partial charge in [0.25, 0.3) is 5.91 Å². The summed E-state index contributed by atoms with van der Waals surface area (Å²) in [7, 11) is 0. The lowest BCUT2D eigenvalue weighted by Gasteiger charge is -2.31. The minimum Gasteiger partial charge on any atom is -0.507 e. The molecule has 0 aromatic heterocycles. The van der Waals surface area contributed by atoms with E-state index in [-0.39, 0.29) is 11.6 Å². The fourth-order valence-corrected chi connectivity index (χ4v) is 5.23. The Morgan fingerprint density at radius 1 is 1.00 bits per heavy atom. The van der Waals surface area contributed by atoms with E-state index in [0.29, 0.717) is 40.8 Å². The summed E-state index contributed by atoms with van der Waals surface area (Å²) in [6, 6.07) is 12.5. The third kappa shape index (κ3) is 8.14. The molecule has 0 unspecified atom stereocenters. The van der Waals surface area contributed by atoms with Crippen LogP contribution in [0.15, 0.2) is 71.7 Å². The second-order valence-corrected chi connectivity index (χ2v) is 10.8. The predicted octanol–water partition coefficient (Wildman–Crippen LogP) is 5.33. The molecule has 1 fully saturated rings. The van der Waals surface area contributed by atoms with Gasteiger partial charge in [0.1, 0.15) is 17.1 Å². The van der Waals surface area contributed by atoms with E-state index in [0.717, 1.165) is 49.2 Å². The van der Waals surface area contributed by atoms with E-state index >= 15 is 0 Å². The van der Waals surface area contributed by atoms with Crippen LogP contribution in [0.3, 0.4) is 0 Å². The van der Waals surface area contributed by atoms with Gasteiger partial charge in [-0.25, -0.2) is 9.59 Å². The van der Waals surface area contributed by atoms with Crippen LogP contribution in [0.2, 0.25) is 0 Å². The second kappa shape index (κ2) is 14.2. The Morgan fingerprint density at radius 3 is 2.28 bits per heavy atom. The smallest absolute Gasteiger partial charge is 0.421 e. The quantitative estimate of drug-likeness (QED) is 0.152. The van der Waals surface area contributed by atoms with Gasteiger partial charge in [-0.2, -0.15) is 13.2 Å². The summed E-state index contributed by atoms with van der Waals surface area (Å²) in [5.41, 5.74) is 3.60. The van der Waals surface area contributed by atoms with Gasteiger partial charge in [-0.05, 0) is 61.7 Å². The lowest BCUT2D eigenvalue weighted by atomic mass is 10.0. The number of carbonyl (C=O) groups excluding carboxylic acids is 1. The second-order valence-electron chi connectivity index (χ2n) is 10.8. The zero-order valence-electron chi connectivity index (χ0n) is 25.2. The van der Waals surface area contributed by atoms with Gasteiger partial charge >= 0.3 is 18.1 Å². The van der Waals surface area contributed by atoms with Crippen LogP contribution in [0, 0.1) is 5.41 Å². The van der Waals surface area contributed by atoms with E-state index in [1.807, 2.05) is 4.90 Å². The number of piperidine rings is 1. The largest absolute Gasteiger partial charge is 0.507 e. The highest BCUT2D eigenvalue weighted by molar-refractivity contribution is 6.10. The Hall–Kier alpha value is -5.66. The number of carboxylic acid groups (broad SMARTS) is 2. The summed E-state index contributed by atoms with van der Waals surface area (Å²) in [6.07, 6.45) is -0.630. The van der Waals surface area contributed by atoms with Crippen molar-refractivity contribution in [1.82, 2.24) is 4.90 Å². The number of nitrogens with one attached hydrogen (secondary N) is 1. The first kappa shape index (κ1) is 34.2. The number of aromatic carboxylic acids is 2. The van der Waals surface area contributed by atoms with E-state index in [4.69, 9.17) is 11.1 Å². The van der Waals surface area contributed by atoms with Crippen molar-refractivity contribution in [3.8, 4) is 5.75 Å². The number of hydrogen-bond donors (Lipinski definition) is 5. The van der Waals surface area contributed by atoms with Crippen molar-refractivity contribution < 1.29 is 42.9 Å². The molecule has 6 N–H and O–H groups in total. The monoisotopic (exact) mass is 651 g/mol. The van der Waals surface area contributed by atoms with Crippen LogP contribution >= 0.6 is 0 Å². The average molecular weight is 652 g/mol. The number of hydrogen-bond acceptors (Lipinski definition) is 6. The van der Waals surface area contributed by atoms with Gasteiger partial charge in [0.2, 0.25) is 0 Å². The zero-order chi connectivity index (χ0) is 34.5. The molecule has 1 heterocycles. The molecule has 0 spiro atoms. The highest BCUT2D eigenvalue weighted by atomic mass is 19.4. The van der Waals surface area contributed by atoms with Crippen LogP contribution in [0.25, 0.3) is 6.08 Å². The van der Waals surface area contributed by atoms with Crippen LogP contribution in [0.4, 0.5) is 18.9 Å². The molecular formula is C33H32F3N5O6. The third-order valence-electron chi connectivity index (χ3n) is 7.61. The number of alkyl halides is 3. The van der Waals surface area contributed by atoms with Gasteiger partial charge in [-0.15, -0.1) is 0 Å². The maximum absolute atomic E-state index is 14.1. The summed E-state index contributed by atoms with van der Waals surface area (Å²) >= 11 is 0. The molecule has 0 saturated carbocycles. The summed E-state index contributed by atoms with van der Waals surface area (Å²) < 4.78 is 42.2. The van der Waals surface area contributed by atoms with E-state index in [1.54, 1.807) is 37.3 Å². The van der Waals surface area contributed by atoms with Crippen molar-refractivity contribution in [1.29, 1.82) is 5.41 Å². The number of carboxylic acids is 2.